The Morgan fingerprint density at radius 1 is 1.56 bits per heavy atom. The molecule has 0 saturated heterocycles. The molecule has 2 heterocycles. The Morgan fingerprint density at radius 2 is 2.44 bits per heavy atom. The van der Waals surface area contributed by atoms with Gasteiger partial charge < -0.3 is 9.73 Å². The molecule has 0 amide bonds. The lowest BCUT2D eigenvalue weighted by Gasteiger charge is -1.95. The van der Waals surface area contributed by atoms with E-state index >= 15 is 0 Å². The first-order chi connectivity index (χ1) is 7.81. The third kappa shape index (κ3) is 2.72. The van der Waals surface area contributed by atoms with Crippen LogP contribution in [-0.2, 0) is 6.42 Å². The molecule has 0 saturated carbocycles. The molecular formula is C11H13BrN2OS. The first kappa shape index (κ1) is 11.8. The molecule has 5 heteroatoms. The molecule has 0 aliphatic heterocycles. The van der Waals surface area contributed by atoms with Gasteiger partial charge in [0.2, 0.25) is 0 Å². The number of nitrogens with one attached hydrogen (secondary N) is 1. The Hall–Kier alpha value is -0.650. The minimum absolute atomic E-state index is 0.811. The van der Waals surface area contributed by atoms with Crippen molar-refractivity contribution in [2.45, 2.75) is 12.8 Å². The summed E-state index contributed by atoms with van der Waals surface area (Å²) in [7, 11) is 1.95. The predicted octanol–water partition coefficient (Wildman–Crippen LogP) is 3.32. The van der Waals surface area contributed by atoms with Gasteiger partial charge in [-0.3, -0.25) is 0 Å². The van der Waals surface area contributed by atoms with Gasteiger partial charge in [-0.2, -0.15) is 0 Å². The maximum Gasteiger partial charge on any atom is 0.194 e. The zero-order chi connectivity index (χ0) is 11.4. The third-order valence-corrected chi connectivity index (χ3v) is 4.06. The number of hydrogen-bond donors (Lipinski definition) is 1. The van der Waals surface area contributed by atoms with Crippen molar-refractivity contribution in [2.75, 3.05) is 13.6 Å². The van der Waals surface area contributed by atoms with Crippen LogP contribution in [0.3, 0.4) is 0 Å². The van der Waals surface area contributed by atoms with Crippen LogP contribution in [0.15, 0.2) is 26.5 Å². The number of oxazole rings is 1. The maximum absolute atomic E-state index is 5.70. The molecular weight excluding hydrogens is 288 g/mol. The topological polar surface area (TPSA) is 38.1 Å². The number of rotatable bonds is 5. The Bertz CT molecular complexity index is 452. The van der Waals surface area contributed by atoms with Crippen molar-refractivity contribution in [1.82, 2.24) is 10.3 Å². The summed E-state index contributed by atoms with van der Waals surface area (Å²) in [5.41, 5.74) is 0. The normalized spacial score (nSPS) is 10.9. The molecule has 3 nitrogen and oxygen atoms in total. The second-order valence-corrected chi connectivity index (χ2v) is 5.19. The molecule has 0 atom stereocenters. The van der Waals surface area contributed by atoms with Gasteiger partial charge in [0.15, 0.2) is 11.7 Å². The number of hydrogen-bond acceptors (Lipinski definition) is 4. The molecule has 2 aromatic rings. The van der Waals surface area contributed by atoms with E-state index in [-0.39, 0.29) is 0 Å². The van der Waals surface area contributed by atoms with Gasteiger partial charge in [-0.1, -0.05) is 0 Å². The second kappa shape index (κ2) is 5.61. The van der Waals surface area contributed by atoms with E-state index in [0.29, 0.717) is 0 Å². The highest BCUT2D eigenvalue weighted by Crippen LogP contribution is 2.33. The minimum atomic E-state index is 0.811. The van der Waals surface area contributed by atoms with Crippen molar-refractivity contribution < 1.29 is 4.42 Å². The van der Waals surface area contributed by atoms with Crippen molar-refractivity contribution in [2.24, 2.45) is 0 Å². The van der Waals surface area contributed by atoms with Crippen LogP contribution in [0, 0.1) is 0 Å². The Kier molecular flexibility index (Phi) is 4.15. The van der Waals surface area contributed by atoms with Gasteiger partial charge in [-0.05, 0) is 47.4 Å². The Labute approximate surface area is 107 Å². The Balaban J connectivity index is 2.05. The summed E-state index contributed by atoms with van der Waals surface area (Å²) in [4.78, 5) is 5.38. The van der Waals surface area contributed by atoms with Gasteiger partial charge in [0.1, 0.15) is 0 Å². The smallest absolute Gasteiger partial charge is 0.194 e. The van der Waals surface area contributed by atoms with E-state index in [1.54, 1.807) is 17.5 Å². The molecule has 2 aromatic heterocycles. The van der Waals surface area contributed by atoms with Crippen molar-refractivity contribution >= 4 is 27.3 Å². The molecule has 0 spiro atoms. The molecule has 2 rings (SSSR count). The van der Waals surface area contributed by atoms with Crippen molar-refractivity contribution in [3.05, 3.63) is 28.0 Å². The van der Waals surface area contributed by atoms with E-state index in [1.165, 1.54) is 0 Å². The molecule has 0 aliphatic rings. The molecule has 16 heavy (non-hydrogen) atoms. The zero-order valence-corrected chi connectivity index (χ0v) is 11.4. The predicted molar refractivity (Wildman–Crippen MR) is 69.8 cm³/mol. The van der Waals surface area contributed by atoms with Crippen molar-refractivity contribution in [3.8, 4) is 10.6 Å². The average Bonchev–Trinajstić information content (AvgIpc) is 2.87. The lowest BCUT2D eigenvalue weighted by Crippen LogP contribution is -2.08. The largest absolute Gasteiger partial charge is 0.440 e. The van der Waals surface area contributed by atoms with Crippen LogP contribution >= 0.6 is 27.3 Å². The molecule has 0 aliphatic carbocycles. The number of halogens is 1. The number of aryl methyl sites for hydroxylation is 1. The first-order valence-electron chi connectivity index (χ1n) is 5.14. The average molecular weight is 301 g/mol. The maximum atomic E-state index is 5.70. The minimum Gasteiger partial charge on any atom is -0.440 e. The molecule has 86 valence electrons. The van der Waals surface area contributed by atoms with Crippen LogP contribution < -0.4 is 5.32 Å². The van der Waals surface area contributed by atoms with Gasteiger partial charge in [0.25, 0.3) is 0 Å². The summed E-state index contributed by atoms with van der Waals surface area (Å²) in [6.45, 7) is 0.987. The lowest BCUT2D eigenvalue weighted by atomic mass is 10.3. The second-order valence-electron chi connectivity index (χ2n) is 3.42. The highest BCUT2D eigenvalue weighted by atomic mass is 79.9. The molecule has 0 unspecified atom stereocenters. The number of nitrogens with zero attached hydrogens (tertiary/aromatic N) is 1. The van der Waals surface area contributed by atoms with E-state index in [1.807, 2.05) is 18.5 Å². The fourth-order valence-corrected chi connectivity index (χ4v) is 2.93. The van der Waals surface area contributed by atoms with Crippen molar-refractivity contribution in [3.63, 3.8) is 0 Å². The molecule has 0 fully saturated rings. The zero-order valence-electron chi connectivity index (χ0n) is 9.00. The lowest BCUT2D eigenvalue weighted by molar-refractivity contribution is 0.496. The standard InChI is InChI=1S/C11H13BrN2OS/c1-13-5-2-3-10-14-7-9(15-10)11-8(12)4-6-16-11/h4,6-7,13H,2-3,5H2,1H3. The summed E-state index contributed by atoms with van der Waals surface area (Å²) in [5.74, 6) is 1.66. The quantitative estimate of drug-likeness (QED) is 0.861. The molecule has 0 bridgehead atoms. The summed E-state index contributed by atoms with van der Waals surface area (Å²) >= 11 is 5.14. The number of aromatic nitrogens is 1. The van der Waals surface area contributed by atoms with E-state index in [4.69, 9.17) is 4.42 Å². The van der Waals surface area contributed by atoms with Crippen LogP contribution in [0.4, 0.5) is 0 Å². The molecule has 1 N–H and O–H groups in total. The summed E-state index contributed by atoms with van der Waals surface area (Å²) in [6.07, 6.45) is 3.72. The SMILES string of the molecule is CNCCCc1ncc(-c2sccc2Br)o1. The molecule has 0 radical (unpaired) electrons. The summed E-state index contributed by atoms with van der Waals surface area (Å²) in [6, 6.07) is 2.02. The van der Waals surface area contributed by atoms with Crippen LogP contribution in [0.25, 0.3) is 10.6 Å². The van der Waals surface area contributed by atoms with Gasteiger partial charge in [-0.25, -0.2) is 4.98 Å². The van der Waals surface area contributed by atoms with Gasteiger partial charge in [-0.15, -0.1) is 11.3 Å². The van der Waals surface area contributed by atoms with E-state index in [9.17, 15) is 0 Å². The van der Waals surface area contributed by atoms with Crippen LogP contribution in [0.5, 0.6) is 0 Å². The third-order valence-electron chi connectivity index (χ3n) is 2.21. The fraction of sp³-hybridized carbons (Fsp3) is 0.364. The highest BCUT2D eigenvalue weighted by Gasteiger charge is 2.10. The molecule has 0 aromatic carbocycles. The fourth-order valence-electron chi connectivity index (χ4n) is 1.42. The van der Waals surface area contributed by atoms with E-state index in [0.717, 1.165) is 40.4 Å². The first-order valence-corrected chi connectivity index (χ1v) is 6.81. The van der Waals surface area contributed by atoms with Crippen molar-refractivity contribution in [1.29, 1.82) is 0 Å². The van der Waals surface area contributed by atoms with Gasteiger partial charge in [0, 0.05) is 10.9 Å². The van der Waals surface area contributed by atoms with Crippen LogP contribution in [0.1, 0.15) is 12.3 Å². The van der Waals surface area contributed by atoms with E-state index < -0.39 is 0 Å². The van der Waals surface area contributed by atoms with E-state index in [2.05, 4.69) is 26.2 Å². The Morgan fingerprint density at radius 3 is 3.12 bits per heavy atom. The summed E-state index contributed by atoms with van der Waals surface area (Å²) < 4.78 is 6.76. The van der Waals surface area contributed by atoms with Crippen LogP contribution in [-0.4, -0.2) is 18.6 Å². The highest BCUT2D eigenvalue weighted by molar-refractivity contribution is 9.10. The van der Waals surface area contributed by atoms with Gasteiger partial charge >= 0.3 is 0 Å². The monoisotopic (exact) mass is 300 g/mol. The van der Waals surface area contributed by atoms with Crippen LogP contribution in [0.2, 0.25) is 0 Å². The number of thiophene rings is 1. The van der Waals surface area contributed by atoms with Gasteiger partial charge in [0.05, 0.1) is 11.1 Å². The summed E-state index contributed by atoms with van der Waals surface area (Å²) in [5, 5.41) is 5.14.